The molecule has 0 radical (unpaired) electrons. The number of rotatable bonds is 5. The Kier molecular flexibility index (Phi) is 5.15. The SMILES string of the molecule is O=C1ONC([C@@H]2CCCN2S(=O)(=O)c2ccccc2)=N[C@@H]1Cc1ccccc1. The maximum atomic E-state index is 13.1. The van der Waals surface area contributed by atoms with Gasteiger partial charge >= 0.3 is 5.97 Å². The van der Waals surface area contributed by atoms with Gasteiger partial charge in [0.25, 0.3) is 0 Å². The zero-order chi connectivity index (χ0) is 19.6. The molecule has 0 amide bonds. The summed E-state index contributed by atoms with van der Waals surface area (Å²) < 4.78 is 27.6. The van der Waals surface area contributed by atoms with Gasteiger partial charge in [-0.1, -0.05) is 48.5 Å². The summed E-state index contributed by atoms with van der Waals surface area (Å²) >= 11 is 0. The highest BCUT2D eigenvalue weighted by atomic mass is 32.2. The second-order valence-corrected chi connectivity index (χ2v) is 8.72. The Bertz CT molecular complexity index is 977. The van der Waals surface area contributed by atoms with Gasteiger partial charge in [-0.3, -0.25) is 4.99 Å². The third kappa shape index (κ3) is 3.65. The fraction of sp³-hybridized carbons (Fsp3) is 0.300. The maximum Gasteiger partial charge on any atom is 0.356 e. The number of benzene rings is 2. The van der Waals surface area contributed by atoms with Crippen LogP contribution in [0.1, 0.15) is 18.4 Å². The van der Waals surface area contributed by atoms with E-state index in [2.05, 4.69) is 10.5 Å². The fourth-order valence-corrected chi connectivity index (χ4v) is 5.25. The molecule has 0 aromatic heterocycles. The van der Waals surface area contributed by atoms with Gasteiger partial charge in [-0.2, -0.15) is 4.31 Å². The van der Waals surface area contributed by atoms with Gasteiger partial charge in [-0.25, -0.2) is 18.7 Å². The van der Waals surface area contributed by atoms with Crippen molar-refractivity contribution in [2.45, 2.75) is 36.2 Å². The molecule has 2 aromatic rings. The molecule has 0 saturated carbocycles. The lowest BCUT2D eigenvalue weighted by atomic mass is 10.1. The van der Waals surface area contributed by atoms with Crippen LogP contribution in [0.2, 0.25) is 0 Å². The largest absolute Gasteiger partial charge is 0.356 e. The molecule has 8 heteroatoms. The minimum absolute atomic E-state index is 0.246. The van der Waals surface area contributed by atoms with E-state index >= 15 is 0 Å². The second kappa shape index (κ2) is 7.73. The highest BCUT2D eigenvalue weighted by Gasteiger charge is 2.40. The fourth-order valence-electron chi connectivity index (χ4n) is 3.57. The van der Waals surface area contributed by atoms with Gasteiger partial charge in [0, 0.05) is 13.0 Å². The van der Waals surface area contributed by atoms with Crippen LogP contribution in [0.5, 0.6) is 0 Å². The van der Waals surface area contributed by atoms with E-state index in [9.17, 15) is 13.2 Å². The van der Waals surface area contributed by atoms with E-state index < -0.39 is 28.1 Å². The van der Waals surface area contributed by atoms with E-state index in [4.69, 9.17) is 4.84 Å². The molecule has 0 aliphatic carbocycles. The van der Waals surface area contributed by atoms with Crippen molar-refractivity contribution in [1.29, 1.82) is 0 Å². The van der Waals surface area contributed by atoms with Gasteiger partial charge in [-0.05, 0) is 30.5 Å². The first-order valence-electron chi connectivity index (χ1n) is 9.21. The Balaban J connectivity index is 1.60. The van der Waals surface area contributed by atoms with Crippen molar-refractivity contribution in [3.8, 4) is 0 Å². The predicted molar refractivity (Wildman–Crippen MR) is 104 cm³/mol. The Morgan fingerprint density at radius 2 is 1.75 bits per heavy atom. The lowest BCUT2D eigenvalue weighted by Crippen LogP contribution is -2.50. The van der Waals surface area contributed by atoms with Crippen molar-refractivity contribution in [1.82, 2.24) is 9.79 Å². The molecule has 1 saturated heterocycles. The summed E-state index contributed by atoms with van der Waals surface area (Å²) in [5.74, 6) is -0.0828. The van der Waals surface area contributed by atoms with Gasteiger partial charge in [0.15, 0.2) is 11.9 Å². The molecule has 146 valence electrons. The number of amidine groups is 1. The van der Waals surface area contributed by atoms with E-state index in [1.54, 1.807) is 30.3 Å². The quantitative estimate of drug-likeness (QED) is 0.830. The third-order valence-electron chi connectivity index (χ3n) is 4.96. The molecule has 0 bridgehead atoms. The Morgan fingerprint density at radius 3 is 2.46 bits per heavy atom. The third-order valence-corrected chi connectivity index (χ3v) is 6.89. The molecule has 2 aliphatic rings. The standard InChI is InChI=1S/C20H21N3O4S/c24-20-17(14-15-8-3-1-4-9-15)21-19(22-27-20)18-12-7-13-23(18)28(25,26)16-10-5-2-6-11-16/h1-6,8-11,17-18H,7,12-14H2,(H,21,22)/t17-,18+/m1/s1. The number of carbonyl (C=O) groups excluding carboxylic acids is 1. The van der Waals surface area contributed by atoms with Crippen LogP contribution in [0.3, 0.4) is 0 Å². The first kappa shape index (κ1) is 18.6. The Hall–Kier alpha value is -2.71. The van der Waals surface area contributed by atoms with Crippen molar-refractivity contribution in [3.05, 3.63) is 66.2 Å². The summed E-state index contributed by atoms with van der Waals surface area (Å²) in [4.78, 5) is 22.0. The summed E-state index contributed by atoms with van der Waals surface area (Å²) in [5, 5.41) is 0. The van der Waals surface area contributed by atoms with E-state index in [1.165, 1.54) is 4.31 Å². The van der Waals surface area contributed by atoms with E-state index in [0.29, 0.717) is 31.6 Å². The lowest BCUT2D eigenvalue weighted by molar-refractivity contribution is -0.150. The van der Waals surface area contributed by atoms with Crippen molar-refractivity contribution in [2.24, 2.45) is 4.99 Å². The average molecular weight is 399 g/mol. The Labute approximate surface area is 164 Å². The van der Waals surface area contributed by atoms with E-state index in [-0.39, 0.29) is 4.90 Å². The smallest absolute Gasteiger partial charge is 0.340 e. The summed E-state index contributed by atoms with van der Waals surface area (Å²) in [5.41, 5.74) is 3.54. The molecule has 2 atom stereocenters. The van der Waals surface area contributed by atoms with Crippen LogP contribution in [-0.4, -0.2) is 43.2 Å². The number of hydrogen-bond donors (Lipinski definition) is 1. The van der Waals surface area contributed by atoms with Gasteiger partial charge in [-0.15, -0.1) is 0 Å². The number of nitrogens with one attached hydrogen (secondary N) is 1. The molecule has 0 spiro atoms. The molecular formula is C20H21N3O4S. The van der Waals surface area contributed by atoms with Gasteiger partial charge in [0.1, 0.15) is 0 Å². The monoisotopic (exact) mass is 399 g/mol. The van der Waals surface area contributed by atoms with Crippen molar-refractivity contribution in [3.63, 3.8) is 0 Å². The summed E-state index contributed by atoms with van der Waals surface area (Å²) in [6.07, 6.45) is 1.74. The molecule has 28 heavy (non-hydrogen) atoms. The van der Waals surface area contributed by atoms with Crippen LogP contribution >= 0.6 is 0 Å². The van der Waals surface area contributed by atoms with Crippen LogP contribution < -0.4 is 5.48 Å². The average Bonchev–Trinajstić information content (AvgIpc) is 3.22. The van der Waals surface area contributed by atoms with Crippen LogP contribution in [0.4, 0.5) is 0 Å². The van der Waals surface area contributed by atoms with Crippen LogP contribution in [-0.2, 0) is 26.1 Å². The topological polar surface area (TPSA) is 88.1 Å². The summed E-state index contributed by atoms with van der Waals surface area (Å²) in [7, 11) is -3.66. The molecule has 2 heterocycles. The van der Waals surface area contributed by atoms with Crippen LogP contribution in [0.15, 0.2) is 70.6 Å². The summed E-state index contributed by atoms with van der Waals surface area (Å²) in [6, 6.07) is 16.7. The summed E-state index contributed by atoms with van der Waals surface area (Å²) in [6.45, 7) is 0.403. The van der Waals surface area contributed by atoms with Crippen molar-refractivity contribution in [2.75, 3.05) is 6.54 Å². The minimum atomic E-state index is -3.66. The lowest BCUT2D eigenvalue weighted by Gasteiger charge is -2.29. The number of sulfonamides is 1. The highest BCUT2D eigenvalue weighted by Crippen LogP contribution is 2.27. The van der Waals surface area contributed by atoms with Crippen LogP contribution in [0.25, 0.3) is 0 Å². The Morgan fingerprint density at radius 1 is 1.07 bits per heavy atom. The van der Waals surface area contributed by atoms with Gasteiger partial charge < -0.3 is 4.84 Å². The molecule has 2 aromatic carbocycles. The molecule has 1 fully saturated rings. The molecule has 2 aliphatic heterocycles. The number of aliphatic imine (C=N–C) groups is 1. The number of hydrogen-bond acceptors (Lipinski definition) is 6. The molecular weight excluding hydrogens is 378 g/mol. The predicted octanol–water partition coefficient (Wildman–Crippen LogP) is 1.91. The zero-order valence-electron chi connectivity index (χ0n) is 15.2. The van der Waals surface area contributed by atoms with E-state index in [1.807, 2.05) is 30.3 Å². The molecule has 0 unspecified atom stereocenters. The molecule has 7 nitrogen and oxygen atoms in total. The number of hydroxylamine groups is 1. The molecule has 4 rings (SSSR count). The minimum Gasteiger partial charge on any atom is -0.340 e. The maximum absolute atomic E-state index is 13.1. The zero-order valence-corrected chi connectivity index (χ0v) is 16.0. The number of nitrogens with zero attached hydrogens (tertiary/aromatic N) is 2. The first-order chi connectivity index (χ1) is 13.6. The van der Waals surface area contributed by atoms with Gasteiger partial charge in [0.05, 0.1) is 10.9 Å². The normalized spacial score (nSPS) is 23.0. The first-order valence-corrected chi connectivity index (χ1v) is 10.6. The van der Waals surface area contributed by atoms with Crippen LogP contribution in [0, 0.1) is 0 Å². The van der Waals surface area contributed by atoms with E-state index in [0.717, 1.165) is 5.56 Å². The van der Waals surface area contributed by atoms with Crippen molar-refractivity contribution >= 4 is 21.8 Å². The molecule has 1 N–H and O–H groups in total. The van der Waals surface area contributed by atoms with Crippen molar-refractivity contribution < 1.29 is 18.0 Å². The number of carbonyl (C=O) groups is 1. The second-order valence-electron chi connectivity index (χ2n) is 6.83. The highest BCUT2D eigenvalue weighted by molar-refractivity contribution is 7.89. The van der Waals surface area contributed by atoms with Gasteiger partial charge in [0.2, 0.25) is 10.0 Å².